The summed E-state index contributed by atoms with van der Waals surface area (Å²) in [4.78, 5) is 27.5. The monoisotopic (exact) mass is 406 g/mol. The van der Waals surface area contributed by atoms with Crippen molar-refractivity contribution in [3.63, 3.8) is 0 Å². The minimum atomic E-state index is 0.0552. The average molecular weight is 407 g/mol. The molecule has 2 aromatic rings. The topological polar surface area (TPSA) is 49.4 Å². The quantitative estimate of drug-likeness (QED) is 0.844. The lowest BCUT2D eigenvalue weighted by molar-refractivity contribution is -0.121. The van der Waals surface area contributed by atoms with Gasteiger partial charge in [-0.3, -0.25) is 9.59 Å². The molecule has 0 atom stereocenters. The molecule has 1 aromatic carbocycles. The van der Waals surface area contributed by atoms with Gasteiger partial charge < -0.3 is 10.2 Å². The van der Waals surface area contributed by atoms with Crippen LogP contribution in [0.1, 0.15) is 28.1 Å². The van der Waals surface area contributed by atoms with Gasteiger partial charge in [-0.1, -0.05) is 28.1 Å². The van der Waals surface area contributed by atoms with Crippen LogP contribution in [0.3, 0.4) is 0 Å². The van der Waals surface area contributed by atoms with Gasteiger partial charge in [0.15, 0.2) is 0 Å². The second kappa shape index (κ2) is 7.94. The zero-order valence-electron chi connectivity index (χ0n) is 13.2. The van der Waals surface area contributed by atoms with Crippen LogP contribution in [0.25, 0.3) is 0 Å². The summed E-state index contributed by atoms with van der Waals surface area (Å²) in [7, 11) is 0. The molecule has 1 aliphatic heterocycles. The number of hydrogen-bond donors (Lipinski definition) is 1. The lowest BCUT2D eigenvalue weighted by Gasteiger charge is -2.32. The van der Waals surface area contributed by atoms with Gasteiger partial charge in [-0.15, -0.1) is 11.3 Å². The molecule has 0 radical (unpaired) electrons. The molecule has 0 aliphatic carbocycles. The molecule has 24 heavy (non-hydrogen) atoms. The van der Waals surface area contributed by atoms with Gasteiger partial charge in [0.05, 0.1) is 6.42 Å². The van der Waals surface area contributed by atoms with E-state index in [-0.39, 0.29) is 17.9 Å². The highest BCUT2D eigenvalue weighted by atomic mass is 79.9. The second-order valence-electron chi connectivity index (χ2n) is 5.90. The molecule has 1 aliphatic rings. The maximum atomic E-state index is 12.5. The largest absolute Gasteiger partial charge is 0.353 e. The third-order valence-electron chi connectivity index (χ3n) is 4.13. The Morgan fingerprint density at radius 3 is 2.67 bits per heavy atom. The van der Waals surface area contributed by atoms with Gasteiger partial charge in [0, 0.05) is 34.0 Å². The van der Waals surface area contributed by atoms with E-state index in [4.69, 9.17) is 0 Å². The molecule has 126 valence electrons. The molecule has 4 nitrogen and oxygen atoms in total. The maximum absolute atomic E-state index is 12.5. The number of carbonyl (C=O) groups excluding carboxylic acids is 2. The Bertz CT molecular complexity index is 710. The third kappa shape index (κ3) is 4.45. The summed E-state index contributed by atoms with van der Waals surface area (Å²) in [6.07, 6.45) is 2.04. The number of amides is 2. The first kappa shape index (κ1) is 17.2. The highest BCUT2D eigenvalue weighted by molar-refractivity contribution is 9.10. The van der Waals surface area contributed by atoms with Crippen LogP contribution in [0.5, 0.6) is 0 Å². The lowest BCUT2D eigenvalue weighted by Crippen LogP contribution is -2.46. The molecule has 1 fully saturated rings. The van der Waals surface area contributed by atoms with E-state index in [1.807, 2.05) is 46.7 Å². The van der Waals surface area contributed by atoms with Crippen molar-refractivity contribution >= 4 is 39.1 Å². The van der Waals surface area contributed by atoms with Gasteiger partial charge in [0.25, 0.3) is 5.91 Å². The number of rotatable bonds is 4. The highest BCUT2D eigenvalue weighted by Gasteiger charge is 2.24. The van der Waals surface area contributed by atoms with Crippen LogP contribution >= 0.6 is 27.3 Å². The lowest BCUT2D eigenvalue weighted by atomic mass is 10.0. The number of nitrogens with one attached hydrogen (secondary N) is 1. The van der Waals surface area contributed by atoms with E-state index < -0.39 is 0 Å². The summed E-state index contributed by atoms with van der Waals surface area (Å²) < 4.78 is 0.907. The van der Waals surface area contributed by atoms with Crippen molar-refractivity contribution < 1.29 is 9.59 Å². The molecule has 3 rings (SSSR count). The van der Waals surface area contributed by atoms with Crippen molar-refractivity contribution in [2.24, 2.45) is 0 Å². The number of carbonyl (C=O) groups is 2. The number of thiophene rings is 1. The van der Waals surface area contributed by atoms with E-state index in [1.165, 1.54) is 0 Å². The Morgan fingerprint density at radius 2 is 2.00 bits per heavy atom. The molecule has 0 bridgehead atoms. The van der Waals surface area contributed by atoms with E-state index in [1.54, 1.807) is 11.3 Å². The number of piperidine rings is 1. The molecule has 1 N–H and O–H groups in total. The first-order valence-corrected chi connectivity index (χ1v) is 9.65. The van der Waals surface area contributed by atoms with Gasteiger partial charge in [-0.2, -0.15) is 0 Å². The summed E-state index contributed by atoms with van der Waals surface area (Å²) in [5.41, 5.74) is 0.699. The zero-order chi connectivity index (χ0) is 16.9. The van der Waals surface area contributed by atoms with Crippen molar-refractivity contribution in [2.45, 2.75) is 25.3 Å². The smallest absolute Gasteiger partial charge is 0.253 e. The van der Waals surface area contributed by atoms with E-state index in [9.17, 15) is 9.59 Å². The van der Waals surface area contributed by atoms with E-state index in [0.717, 1.165) is 22.2 Å². The van der Waals surface area contributed by atoms with E-state index in [2.05, 4.69) is 21.2 Å². The van der Waals surface area contributed by atoms with Crippen LogP contribution in [0.4, 0.5) is 0 Å². The predicted octanol–water partition coefficient (Wildman–Crippen LogP) is 3.47. The van der Waals surface area contributed by atoms with Crippen LogP contribution < -0.4 is 5.32 Å². The van der Waals surface area contributed by atoms with E-state index in [0.29, 0.717) is 25.1 Å². The molecule has 0 unspecified atom stereocenters. The Morgan fingerprint density at radius 1 is 1.21 bits per heavy atom. The van der Waals surface area contributed by atoms with Crippen LogP contribution in [0, 0.1) is 0 Å². The summed E-state index contributed by atoms with van der Waals surface area (Å²) in [5.74, 6) is 0.119. The minimum Gasteiger partial charge on any atom is -0.353 e. The average Bonchev–Trinajstić information content (AvgIpc) is 3.07. The Kier molecular flexibility index (Phi) is 5.68. The molecule has 6 heteroatoms. The fourth-order valence-electron chi connectivity index (χ4n) is 2.88. The molecule has 0 saturated carbocycles. The number of hydrogen-bond acceptors (Lipinski definition) is 3. The number of benzene rings is 1. The van der Waals surface area contributed by atoms with Crippen LogP contribution in [-0.2, 0) is 11.2 Å². The molecule has 2 heterocycles. The normalized spacial score (nSPS) is 15.3. The number of likely N-dealkylation sites (tertiary alicyclic amines) is 1. The fourth-order valence-corrected chi connectivity index (χ4v) is 3.98. The molecular weight excluding hydrogens is 388 g/mol. The Labute approximate surface area is 154 Å². The Balaban J connectivity index is 1.48. The summed E-state index contributed by atoms with van der Waals surface area (Å²) in [6, 6.07) is 11.5. The van der Waals surface area contributed by atoms with Gasteiger partial charge in [0.1, 0.15) is 0 Å². The molecule has 2 amide bonds. The van der Waals surface area contributed by atoms with Crippen molar-refractivity contribution in [1.29, 1.82) is 0 Å². The summed E-state index contributed by atoms with van der Waals surface area (Å²) in [6.45, 7) is 1.35. The standard InChI is InChI=1S/C18H19BrN2O2S/c19-14-4-1-3-13(11-14)18(23)21-8-6-15(7-9-21)20-17(22)12-16-5-2-10-24-16/h1-5,10-11,15H,6-9,12H2,(H,20,22). The van der Waals surface area contributed by atoms with Crippen LogP contribution in [-0.4, -0.2) is 35.8 Å². The van der Waals surface area contributed by atoms with Gasteiger partial charge in [0.2, 0.25) is 5.91 Å². The van der Waals surface area contributed by atoms with Gasteiger partial charge >= 0.3 is 0 Å². The summed E-state index contributed by atoms with van der Waals surface area (Å²) >= 11 is 5.00. The van der Waals surface area contributed by atoms with Gasteiger partial charge in [-0.25, -0.2) is 0 Å². The second-order valence-corrected chi connectivity index (χ2v) is 7.85. The van der Waals surface area contributed by atoms with Crippen molar-refractivity contribution in [3.8, 4) is 0 Å². The van der Waals surface area contributed by atoms with Crippen molar-refractivity contribution in [1.82, 2.24) is 10.2 Å². The van der Waals surface area contributed by atoms with Gasteiger partial charge in [-0.05, 0) is 42.5 Å². The minimum absolute atomic E-state index is 0.0552. The first-order chi connectivity index (χ1) is 11.6. The predicted molar refractivity (Wildman–Crippen MR) is 99.2 cm³/mol. The molecular formula is C18H19BrN2O2S. The zero-order valence-corrected chi connectivity index (χ0v) is 15.6. The van der Waals surface area contributed by atoms with Crippen molar-refractivity contribution in [2.75, 3.05) is 13.1 Å². The highest BCUT2D eigenvalue weighted by Crippen LogP contribution is 2.17. The maximum Gasteiger partial charge on any atom is 0.253 e. The number of halogens is 1. The van der Waals surface area contributed by atoms with Crippen LogP contribution in [0.2, 0.25) is 0 Å². The SMILES string of the molecule is O=C(Cc1cccs1)NC1CCN(C(=O)c2cccc(Br)c2)CC1. The molecule has 1 saturated heterocycles. The first-order valence-electron chi connectivity index (χ1n) is 7.98. The Hall–Kier alpha value is -1.66. The van der Waals surface area contributed by atoms with Crippen molar-refractivity contribution in [3.05, 3.63) is 56.7 Å². The summed E-state index contributed by atoms with van der Waals surface area (Å²) in [5, 5.41) is 5.07. The molecule has 1 aromatic heterocycles. The third-order valence-corrected chi connectivity index (χ3v) is 5.50. The van der Waals surface area contributed by atoms with Crippen LogP contribution in [0.15, 0.2) is 46.3 Å². The molecule has 0 spiro atoms. The number of nitrogens with zero attached hydrogens (tertiary/aromatic N) is 1. The fraction of sp³-hybridized carbons (Fsp3) is 0.333. The van der Waals surface area contributed by atoms with E-state index >= 15 is 0 Å².